The number of nitriles is 1. The molecule has 0 fully saturated rings. The van der Waals surface area contributed by atoms with E-state index < -0.39 is 0 Å². The van der Waals surface area contributed by atoms with Crippen molar-refractivity contribution in [3.63, 3.8) is 0 Å². The second kappa shape index (κ2) is 20.6. The number of pyridine rings is 2. The second-order valence-electron chi connectivity index (χ2n) is 12.4. The summed E-state index contributed by atoms with van der Waals surface area (Å²) in [5.74, 6) is 1.40. The first-order chi connectivity index (χ1) is 27.0. The highest BCUT2D eigenvalue weighted by Crippen LogP contribution is 2.37. The molecule has 7 aromatic rings. The lowest BCUT2D eigenvalue weighted by atomic mass is 10.1. The largest absolute Gasteiger partial charge is 0.497 e. The van der Waals surface area contributed by atoms with Crippen LogP contribution in [0.1, 0.15) is 66.2 Å². The monoisotopic (exact) mass is 788 g/mol. The molecule has 3 aromatic carbocycles. The summed E-state index contributed by atoms with van der Waals surface area (Å²) in [6.07, 6.45) is 3.39. The number of unbranched alkanes of at least 4 members (excludes halogenated alkanes) is 1. The van der Waals surface area contributed by atoms with Crippen molar-refractivity contribution in [1.82, 2.24) is 9.97 Å². The fourth-order valence-electron chi connectivity index (χ4n) is 5.33. The number of amides is 1. The molecule has 7 rings (SSSR count). The van der Waals surface area contributed by atoms with Crippen molar-refractivity contribution in [2.24, 2.45) is 0 Å². The minimum atomic E-state index is -0.226. The van der Waals surface area contributed by atoms with Crippen LogP contribution < -0.4 is 25.8 Å². The zero-order valence-electron chi connectivity index (χ0n) is 33.1. The summed E-state index contributed by atoms with van der Waals surface area (Å²) in [6.45, 7) is 12.5. The number of rotatable bonds is 8. The van der Waals surface area contributed by atoms with Gasteiger partial charge >= 0.3 is 0 Å². The van der Waals surface area contributed by atoms with Crippen molar-refractivity contribution in [3.8, 4) is 28.8 Å². The molecule has 0 aliphatic heterocycles. The minimum absolute atomic E-state index is 0.226. The van der Waals surface area contributed by atoms with Gasteiger partial charge in [0, 0.05) is 40.5 Å². The van der Waals surface area contributed by atoms with Gasteiger partial charge in [0.05, 0.1) is 36.3 Å². The first-order valence-corrected chi connectivity index (χ1v) is 19.9. The average molecular weight is 789 g/mol. The van der Waals surface area contributed by atoms with E-state index in [2.05, 4.69) is 35.5 Å². The van der Waals surface area contributed by atoms with E-state index in [1.165, 1.54) is 42.4 Å². The molecule has 290 valence electrons. The summed E-state index contributed by atoms with van der Waals surface area (Å²) in [5, 5.41) is 17.9. The van der Waals surface area contributed by atoms with E-state index in [1.54, 1.807) is 7.11 Å². The molecule has 0 saturated carbocycles. The Bertz CT molecular complexity index is 2470. The van der Waals surface area contributed by atoms with E-state index in [-0.39, 0.29) is 5.91 Å². The van der Waals surface area contributed by atoms with Gasteiger partial charge in [0.1, 0.15) is 43.3 Å². The Hall–Kier alpha value is -6.03. The van der Waals surface area contributed by atoms with E-state index in [9.17, 15) is 10.1 Å². The summed E-state index contributed by atoms with van der Waals surface area (Å²) in [6, 6.07) is 27.6. The third kappa shape index (κ3) is 10.4. The number of nitrogens with one attached hydrogen (secondary N) is 2. The van der Waals surface area contributed by atoms with E-state index >= 15 is 0 Å². The number of aldehydes is 1. The molecule has 4 heterocycles. The van der Waals surface area contributed by atoms with Crippen LogP contribution in [0.5, 0.6) is 11.5 Å². The van der Waals surface area contributed by atoms with Gasteiger partial charge in [-0.3, -0.25) is 4.79 Å². The predicted octanol–water partition coefficient (Wildman–Crippen LogP) is 11.2. The molecule has 10 nitrogen and oxygen atoms in total. The Morgan fingerprint density at radius 1 is 0.911 bits per heavy atom. The molecular weight excluding hydrogens is 741 g/mol. The van der Waals surface area contributed by atoms with Crippen LogP contribution in [-0.4, -0.2) is 42.9 Å². The van der Waals surface area contributed by atoms with Crippen LogP contribution >= 0.6 is 22.7 Å². The number of hydrogen-bond donors (Lipinski definition) is 3. The van der Waals surface area contributed by atoms with Crippen LogP contribution in [0.4, 0.5) is 17.1 Å². The predicted molar refractivity (Wildman–Crippen MR) is 235 cm³/mol. The first kappa shape index (κ1) is 42.7. The number of nitrogens with two attached hydrogens (primary N) is 1. The zero-order valence-corrected chi connectivity index (χ0v) is 34.7. The van der Waals surface area contributed by atoms with Crippen LogP contribution in [0.2, 0.25) is 0 Å². The number of thiophene rings is 2. The van der Waals surface area contributed by atoms with Crippen molar-refractivity contribution >= 4 is 83.3 Å². The number of anilines is 3. The molecule has 0 aliphatic carbocycles. The van der Waals surface area contributed by atoms with E-state index in [0.717, 1.165) is 82.9 Å². The highest BCUT2D eigenvalue weighted by molar-refractivity contribution is 7.21. The second-order valence-corrected chi connectivity index (χ2v) is 14.4. The fourth-order valence-corrected chi connectivity index (χ4v) is 7.29. The molecule has 1 amide bonds. The highest BCUT2D eigenvalue weighted by Gasteiger charge is 2.18. The molecule has 0 bridgehead atoms. The Morgan fingerprint density at radius 2 is 1.61 bits per heavy atom. The third-order valence-electron chi connectivity index (χ3n) is 8.43. The van der Waals surface area contributed by atoms with Gasteiger partial charge < -0.3 is 30.6 Å². The zero-order chi connectivity index (χ0) is 40.8. The molecule has 0 aliphatic rings. The quantitative estimate of drug-likeness (QED) is 0.128. The van der Waals surface area contributed by atoms with Crippen LogP contribution in [0, 0.1) is 25.2 Å². The number of aromatic nitrogens is 2. The van der Waals surface area contributed by atoms with Crippen LogP contribution in [0.25, 0.3) is 42.6 Å². The minimum Gasteiger partial charge on any atom is -0.497 e. The number of carbonyl (C=O) groups is 2. The van der Waals surface area contributed by atoms with Gasteiger partial charge in [-0.15, -0.1) is 22.7 Å². The van der Waals surface area contributed by atoms with Gasteiger partial charge in [-0.1, -0.05) is 56.5 Å². The van der Waals surface area contributed by atoms with Gasteiger partial charge in [0.15, 0.2) is 0 Å². The van der Waals surface area contributed by atoms with Gasteiger partial charge in [-0.05, 0) is 81.8 Å². The third-order valence-corrected chi connectivity index (χ3v) is 10.5. The van der Waals surface area contributed by atoms with Gasteiger partial charge in [-0.25, -0.2) is 9.97 Å². The van der Waals surface area contributed by atoms with Gasteiger partial charge in [0.25, 0.3) is 5.91 Å². The number of carbonyl (C=O) groups excluding carboxylic acids is 2. The number of ether oxygens (including phenoxy) is 2. The van der Waals surface area contributed by atoms with Crippen molar-refractivity contribution < 1.29 is 19.1 Å². The smallest absolute Gasteiger partial charge is 0.267 e. The molecule has 0 radical (unpaired) electrons. The molecule has 0 atom stereocenters. The van der Waals surface area contributed by atoms with Crippen LogP contribution in [0.3, 0.4) is 0 Å². The van der Waals surface area contributed by atoms with Crippen LogP contribution in [0.15, 0.2) is 78.9 Å². The lowest BCUT2D eigenvalue weighted by Gasteiger charge is -2.09. The molecule has 12 heteroatoms. The molecule has 0 unspecified atom stereocenters. The maximum absolute atomic E-state index is 12.7. The fraction of sp³-hybridized carbons (Fsp3) is 0.250. The topological polar surface area (TPSA) is 152 Å². The highest BCUT2D eigenvalue weighted by atomic mass is 32.1. The van der Waals surface area contributed by atoms with E-state index in [0.29, 0.717) is 22.0 Å². The van der Waals surface area contributed by atoms with E-state index in [4.69, 9.17) is 25.0 Å². The molecule has 4 aromatic heterocycles. The van der Waals surface area contributed by atoms with E-state index in [1.807, 2.05) is 107 Å². The number of methoxy groups -OCH3 is 1. The van der Waals surface area contributed by atoms with Crippen molar-refractivity contribution in [3.05, 3.63) is 99.7 Å². The van der Waals surface area contributed by atoms with Crippen LogP contribution in [-0.2, 0) is 4.79 Å². The van der Waals surface area contributed by atoms with Crippen molar-refractivity contribution in [1.29, 1.82) is 5.26 Å². The molecule has 56 heavy (non-hydrogen) atoms. The normalized spacial score (nSPS) is 10.2. The van der Waals surface area contributed by atoms with Crippen molar-refractivity contribution in [2.75, 3.05) is 37.1 Å². The number of fused-ring (bicyclic) bond motifs is 3. The maximum Gasteiger partial charge on any atom is 0.267 e. The van der Waals surface area contributed by atoms with Crippen molar-refractivity contribution in [2.45, 2.75) is 54.4 Å². The number of nitrogen functional groups attached to an aromatic ring is 1. The Kier molecular flexibility index (Phi) is 15.7. The standard InChI is InChI=1S/C20H17N3O2S.C18H17N3OS.C4H10.C2H4O/c1-11-3-6-13(7-4-11)22-19(24)18-17(21)15-9-12-5-8-14(25-2)10-16(12)23-20(15)26-18;1-4-22-15-9-12(6-5-11(15)2)14-8-7-13-17(20-3)16(10-19)23-18(13)21-14;1-3-4-2;1-2-3/h3-10H,21H2,1-2H3,(H,22,24);5-9,20H,4H2,1-3H3;3-4H2,1-2H3;2H,1H3. The summed E-state index contributed by atoms with van der Waals surface area (Å²) in [4.78, 5) is 33.6. The lowest BCUT2D eigenvalue weighted by Crippen LogP contribution is -2.11. The Morgan fingerprint density at radius 3 is 2.23 bits per heavy atom. The molecule has 0 spiro atoms. The molecule has 0 saturated heterocycles. The number of hydrogen-bond acceptors (Lipinski definition) is 11. The SMILES string of the molecule is CC=O.CCCC.CCOc1cc(-c2ccc3c(NC)c(C#N)sc3n2)ccc1C.COc1ccc2cc3c(N)c(C(=O)Nc4ccc(C)cc4)sc3nc2c1. The summed E-state index contributed by atoms with van der Waals surface area (Å²) >= 11 is 2.70. The summed E-state index contributed by atoms with van der Waals surface area (Å²) in [7, 11) is 3.45. The Labute approximate surface area is 336 Å². The molecule has 4 N–H and O–H groups in total. The first-order valence-electron chi connectivity index (χ1n) is 18.3. The average Bonchev–Trinajstić information content (AvgIpc) is 3.74. The number of nitrogens with zero attached hydrogens (tertiary/aromatic N) is 3. The Balaban J connectivity index is 0.000000215. The lowest BCUT2D eigenvalue weighted by molar-refractivity contribution is -0.106. The summed E-state index contributed by atoms with van der Waals surface area (Å²) in [5.41, 5.74) is 13.2. The number of benzene rings is 3. The van der Waals surface area contributed by atoms with Gasteiger partial charge in [0.2, 0.25) is 0 Å². The van der Waals surface area contributed by atoms with Gasteiger partial charge in [-0.2, -0.15) is 5.26 Å². The maximum atomic E-state index is 12.7. The number of aryl methyl sites for hydroxylation is 2. The summed E-state index contributed by atoms with van der Waals surface area (Å²) < 4.78 is 10.9. The molecular formula is C44H48N6O4S2.